The zero-order valence-electron chi connectivity index (χ0n) is 20.3. The van der Waals surface area contributed by atoms with Gasteiger partial charge in [0.1, 0.15) is 23.3 Å². The first-order valence-corrected chi connectivity index (χ1v) is 13.8. The Morgan fingerprint density at radius 2 is 1.52 bits per heavy atom. The lowest BCUT2D eigenvalue weighted by molar-refractivity contribution is -0.367. The Labute approximate surface area is 221 Å². The fraction of sp³-hybridized carbons (Fsp3) is 0.308. The van der Waals surface area contributed by atoms with E-state index >= 15 is 0 Å². The lowest BCUT2D eigenvalue weighted by atomic mass is 9.33. The highest BCUT2D eigenvalue weighted by Gasteiger charge is 2.81. The van der Waals surface area contributed by atoms with Crippen molar-refractivity contribution in [3.8, 4) is 5.75 Å². The maximum absolute atomic E-state index is 13.3. The number of fused-ring (bicyclic) bond motifs is 1. The van der Waals surface area contributed by atoms with Gasteiger partial charge in [-0.3, -0.25) is 4.79 Å². The summed E-state index contributed by atoms with van der Waals surface area (Å²) in [6.45, 7) is -0.435. The number of rotatable bonds is 8. The van der Waals surface area contributed by atoms with Gasteiger partial charge in [-0.25, -0.2) is 4.79 Å². The van der Waals surface area contributed by atoms with Crippen LogP contribution in [0.5, 0.6) is 5.75 Å². The molecule has 6 rings (SSSR count). The van der Waals surface area contributed by atoms with Gasteiger partial charge in [0.05, 0.1) is 11.0 Å². The summed E-state index contributed by atoms with van der Waals surface area (Å²) in [6, 6.07) is 9.87. The normalized spacial score (nSPS) is 24.6. The maximum atomic E-state index is 13.3. The number of alkyl halides is 3. The molecule has 3 aliphatic carbocycles. The van der Waals surface area contributed by atoms with Crippen molar-refractivity contribution in [3.63, 3.8) is 0 Å². The van der Waals surface area contributed by atoms with Crippen LogP contribution in [0.2, 0.25) is 0 Å². The summed E-state index contributed by atoms with van der Waals surface area (Å²) in [6.07, 6.45) is -5.73. The van der Waals surface area contributed by atoms with Crippen molar-refractivity contribution in [3.05, 3.63) is 71.8 Å². The van der Waals surface area contributed by atoms with Crippen molar-refractivity contribution in [2.45, 2.75) is 43.0 Å². The molecule has 0 aliphatic heterocycles. The number of nitrogens with one attached hydrogen (secondary N) is 1. The molecule has 3 fully saturated rings. The Morgan fingerprint density at radius 1 is 0.925 bits per heavy atom. The first kappa shape index (κ1) is 28.0. The highest BCUT2D eigenvalue weighted by atomic mass is 32.5. The molecule has 0 unspecified atom stereocenters. The van der Waals surface area contributed by atoms with Crippen molar-refractivity contribution in [1.29, 1.82) is 0 Å². The van der Waals surface area contributed by atoms with Crippen LogP contribution in [-0.2, 0) is 11.4 Å². The van der Waals surface area contributed by atoms with Gasteiger partial charge in [0.15, 0.2) is 0 Å². The van der Waals surface area contributed by atoms with E-state index in [1.54, 1.807) is 24.3 Å². The number of ether oxygens (including phenoxy) is 1. The third-order valence-electron chi connectivity index (χ3n) is 7.68. The average molecular weight is 596 g/mol. The average Bonchev–Trinajstić information content (AvgIpc) is 2.77. The molecule has 3 aromatic carbocycles. The highest BCUT2D eigenvalue weighted by Crippen LogP contribution is 3.02. The molecule has 40 heavy (non-hydrogen) atoms. The van der Waals surface area contributed by atoms with E-state index in [1.165, 1.54) is 12.1 Å². The number of carboxylic acids is 1. The molecule has 0 heterocycles. The van der Waals surface area contributed by atoms with Crippen molar-refractivity contribution in [1.82, 2.24) is 5.32 Å². The van der Waals surface area contributed by atoms with Gasteiger partial charge in [-0.2, -0.15) is 13.2 Å². The Hall–Kier alpha value is -3.55. The number of halogens is 8. The lowest BCUT2D eigenvalue weighted by Gasteiger charge is -2.72. The summed E-state index contributed by atoms with van der Waals surface area (Å²) in [5, 5.41) is 13.0. The number of amides is 1. The third kappa shape index (κ3) is 4.71. The van der Waals surface area contributed by atoms with Crippen LogP contribution in [0.25, 0.3) is 10.8 Å². The minimum Gasteiger partial charge on any atom is -0.487 e. The van der Waals surface area contributed by atoms with Crippen LogP contribution in [0.4, 0.5) is 32.6 Å². The van der Waals surface area contributed by atoms with E-state index in [0.717, 1.165) is 12.1 Å². The van der Waals surface area contributed by atoms with Crippen LogP contribution in [-0.4, -0.2) is 29.2 Å². The number of carbonyl (C=O) groups excluding carboxylic acids is 1. The summed E-state index contributed by atoms with van der Waals surface area (Å²) < 4.78 is 111. The topological polar surface area (TPSA) is 75.6 Å². The Bertz CT molecular complexity index is 1520. The predicted octanol–water partition coefficient (Wildman–Crippen LogP) is 7.99. The van der Waals surface area contributed by atoms with Gasteiger partial charge in [-0.15, -0.1) is 0 Å². The summed E-state index contributed by atoms with van der Waals surface area (Å²) in [5.41, 5.74) is -3.26. The van der Waals surface area contributed by atoms with E-state index in [1.807, 2.05) is 0 Å². The summed E-state index contributed by atoms with van der Waals surface area (Å²) >= 11 is 0. The standard InChI is InChI=1S/C26H21F8NO4S/c27-26(28,29)25-12-24(13-25,14-25)21(23(37)38)35-22(36)19-10-7-16-3-1-2-4-18(16)20(19)39-11-15-5-8-17(9-6-15)40(30,31,32,33)34/h1-10,21H,11-14H2,(H,35,36)(H,37,38)/t21-,24?,25?/m1/s1. The van der Waals surface area contributed by atoms with Crippen molar-refractivity contribution >= 4 is 32.9 Å². The molecule has 1 amide bonds. The Balaban J connectivity index is 1.40. The maximum Gasteiger partial charge on any atom is 0.394 e. The van der Waals surface area contributed by atoms with Gasteiger partial charge in [-0.05, 0) is 48.4 Å². The first-order valence-electron chi connectivity index (χ1n) is 11.8. The van der Waals surface area contributed by atoms with Crippen LogP contribution in [0.1, 0.15) is 35.2 Å². The molecular weight excluding hydrogens is 574 g/mol. The first-order chi connectivity index (χ1) is 18.2. The van der Waals surface area contributed by atoms with Gasteiger partial charge >= 0.3 is 22.4 Å². The van der Waals surface area contributed by atoms with Crippen LogP contribution in [0, 0.1) is 10.8 Å². The number of hydrogen-bond acceptors (Lipinski definition) is 3. The summed E-state index contributed by atoms with van der Waals surface area (Å²) in [5.74, 6) is -2.49. The molecule has 1 atom stereocenters. The minimum absolute atomic E-state index is 0.0686. The van der Waals surface area contributed by atoms with Crippen molar-refractivity contribution in [2.24, 2.45) is 10.8 Å². The van der Waals surface area contributed by atoms with Gasteiger partial charge in [0, 0.05) is 10.8 Å². The SMILES string of the molecule is O=C(N[C@H](C(=O)O)C12CC(C(F)(F)F)(C1)C2)c1ccc2ccccc2c1OCc1ccc(S(F)(F)(F)(F)F)cc1. The molecule has 3 saturated carbocycles. The molecule has 2 N–H and O–H groups in total. The molecule has 0 saturated heterocycles. The zero-order chi connectivity index (χ0) is 29.4. The molecule has 0 radical (unpaired) electrons. The molecular formula is C26H21F8NO4S. The van der Waals surface area contributed by atoms with E-state index in [4.69, 9.17) is 4.74 Å². The van der Waals surface area contributed by atoms with E-state index < -0.39 is 75.9 Å². The van der Waals surface area contributed by atoms with Crippen molar-refractivity contribution in [2.75, 3.05) is 0 Å². The quantitative estimate of drug-likeness (QED) is 0.259. The number of aliphatic carboxylic acids is 1. The van der Waals surface area contributed by atoms with Crippen LogP contribution in [0.15, 0.2) is 65.6 Å². The Kier molecular flexibility index (Phi) is 5.61. The minimum atomic E-state index is -9.87. The second kappa shape index (κ2) is 8.02. The molecule has 5 nitrogen and oxygen atoms in total. The van der Waals surface area contributed by atoms with E-state index in [0.29, 0.717) is 10.8 Å². The fourth-order valence-electron chi connectivity index (χ4n) is 5.73. The third-order valence-corrected chi connectivity index (χ3v) is 8.85. The second-order valence-electron chi connectivity index (χ2n) is 10.5. The number of hydrogen-bond donors (Lipinski definition) is 2. The van der Waals surface area contributed by atoms with Crippen molar-refractivity contribution < 1.29 is 52.0 Å². The number of benzene rings is 3. The molecule has 0 aromatic heterocycles. The predicted molar refractivity (Wildman–Crippen MR) is 130 cm³/mol. The van der Waals surface area contributed by atoms with Crippen LogP contribution in [0.3, 0.4) is 0 Å². The van der Waals surface area contributed by atoms with Gasteiger partial charge in [0.2, 0.25) is 0 Å². The highest BCUT2D eigenvalue weighted by molar-refractivity contribution is 8.45. The van der Waals surface area contributed by atoms with E-state index in [9.17, 15) is 47.3 Å². The van der Waals surface area contributed by atoms with Gasteiger partial charge < -0.3 is 15.2 Å². The molecule has 0 spiro atoms. The zero-order valence-corrected chi connectivity index (χ0v) is 21.1. The largest absolute Gasteiger partial charge is 0.487 e. The van der Waals surface area contributed by atoms with Crippen LogP contribution < -0.4 is 10.1 Å². The Morgan fingerprint density at radius 3 is 2.08 bits per heavy atom. The number of carboxylic acid groups (broad SMARTS) is 1. The number of carbonyl (C=O) groups is 2. The van der Waals surface area contributed by atoms with Crippen LogP contribution >= 0.6 is 10.2 Å². The van der Waals surface area contributed by atoms with Gasteiger partial charge in [0.25, 0.3) is 5.91 Å². The molecule has 14 heteroatoms. The van der Waals surface area contributed by atoms with E-state index in [-0.39, 0.29) is 29.0 Å². The molecule has 216 valence electrons. The summed E-state index contributed by atoms with van der Waals surface area (Å²) in [4.78, 5) is 23.2. The van der Waals surface area contributed by atoms with Gasteiger partial charge in [-0.1, -0.05) is 61.9 Å². The smallest absolute Gasteiger partial charge is 0.394 e. The summed E-state index contributed by atoms with van der Waals surface area (Å²) in [7, 11) is -9.87. The lowest BCUT2D eigenvalue weighted by Crippen LogP contribution is -2.75. The molecule has 3 aliphatic rings. The molecule has 3 aromatic rings. The van der Waals surface area contributed by atoms with E-state index in [2.05, 4.69) is 5.32 Å². The fourth-order valence-corrected chi connectivity index (χ4v) is 6.38. The molecule has 2 bridgehead atoms. The second-order valence-corrected chi connectivity index (χ2v) is 12.9. The monoisotopic (exact) mass is 595 g/mol.